The number of hydrogen-bond acceptors (Lipinski definition) is 4. The van der Waals surface area contributed by atoms with Crippen molar-refractivity contribution in [3.05, 3.63) is 53.2 Å². The number of aliphatic imine (C=N–C) groups is 1. The molecular weight excluding hydrogens is 510 g/mol. The van der Waals surface area contributed by atoms with Crippen LogP contribution >= 0.6 is 24.0 Å². The lowest BCUT2D eigenvalue weighted by Gasteiger charge is -2.21. The van der Waals surface area contributed by atoms with Gasteiger partial charge >= 0.3 is 6.36 Å². The number of pyridine rings is 1. The van der Waals surface area contributed by atoms with Crippen LogP contribution in [-0.4, -0.2) is 30.4 Å². The molecule has 1 fully saturated rings. The summed E-state index contributed by atoms with van der Waals surface area (Å²) in [6.07, 6.45) is -2.37. The molecule has 2 heterocycles. The molecule has 6 nitrogen and oxygen atoms in total. The van der Waals surface area contributed by atoms with Gasteiger partial charge in [0.2, 0.25) is 0 Å². The zero-order chi connectivity index (χ0) is 20.9. The van der Waals surface area contributed by atoms with Crippen molar-refractivity contribution in [1.82, 2.24) is 10.3 Å². The summed E-state index contributed by atoms with van der Waals surface area (Å²) >= 11 is 0. The Morgan fingerprint density at radius 2 is 1.83 bits per heavy atom. The summed E-state index contributed by atoms with van der Waals surface area (Å²) in [4.78, 5) is 11.2. The molecule has 3 rings (SSSR count). The van der Waals surface area contributed by atoms with Crippen LogP contribution in [0.15, 0.2) is 41.4 Å². The SMILES string of the molecule is Cc1ccc(CNC(N)=NCc2ccc(OC(F)(F)F)cc2)c(N2CCCC2)n1.I. The van der Waals surface area contributed by atoms with E-state index in [-0.39, 0.29) is 42.2 Å². The van der Waals surface area contributed by atoms with E-state index < -0.39 is 6.36 Å². The van der Waals surface area contributed by atoms with E-state index in [0.29, 0.717) is 6.54 Å². The van der Waals surface area contributed by atoms with E-state index >= 15 is 0 Å². The number of nitrogens with one attached hydrogen (secondary N) is 1. The highest BCUT2D eigenvalue weighted by Crippen LogP contribution is 2.24. The Labute approximate surface area is 190 Å². The summed E-state index contributed by atoms with van der Waals surface area (Å²) in [6, 6.07) is 9.55. The van der Waals surface area contributed by atoms with Crippen molar-refractivity contribution in [3.8, 4) is 5.75 Å². The first-order valence-corrected chi connectivity index (χ1v) is 9.40. The molecule has 1 aromatic heterocycles. The van der Waals surface area contributed by atoms with Gasteiger partial charge in [0.25, 0.3) is 0 Å². The van der Waals surface area contributed by atoms with Crippen LogP contribution in [0.1, 0.15) is 29.7 Å². The molecule has 0 radical (unpaired) electrons. The molecule has 1 aliphatic heterocycles. The first-order chi connectivity index (χ1) is 13.8. The number of guanidine groups is 1. The molecule has 1 aromatic carbocycles. The van der Waals surface area contributed by atoms with Gasteiger partial charge in [0.1, 0.15) is 11.6 Å². The van der Waals surface area contributed by atoms with Crippen LogP contribution in [0.25, 0.3) is 0 Å². The Hall–Kier alpha value is -2.24. The number of hydrogen-bond donors (Lipinski definition) is 2. The summed E-state index contributed by atoms with van der Waals surface area (Å²) in [5.41, 5.74) is 8.68. The zero-order valence-electron chi connectivity index (χ0n) is 16.6. The molecule has 3 N–H and O–H groups in total. The maximum absolute atomic E-state index is 12.2. The van der Waals surface area contributed by atoms with E-state index in [2.05, 4.69) is 24.9 Å². The van der Waals surface area contributed by atoms with Crippen molar-refractivity contribution in [2.75, 3.05) is 18.0 Å². The predicted octanol–water partition coefficient (Wildman–Crippen LogP) is 4.11. The molecule has 10 heteroatoms. The minimum atomic E-state index is -4.70. The molecule has 0 aliphatic carbocycles. The summed E-state index contributed by atoms with van der Waals surface area (Å²) in [7, 11) is 0. The monoisotopic (exact) mass is 535 g/mol. The summed E-state index contributed by atoms with van der Waals surface area (Å²) in [5, 5.41) is 3.08. The molecule has 1 saturated heterocycles. The van der Waals surface area contributed by atoms with Crippen molar-refractivity contribution >= 4 is 35.8 Å². The number of nitrogens with zero attached hydrogens (tertiary/aromatic N) is 3. The zero-order valence-corrected chi connectivity index (χ0v) is 18.9. The minimum absolute atomic E-state index is 0. The van der Waals surface area contributed by atoms with Gasteiger partial charge in [0, 0.05) is 30.9 Å². The molecule has 164 valence electrons. The second-order valence-corrected chi connectivity index (χ2v) is 6.88. The Balaban J connectivity index is 0.00000320. The molecule has 0 unspecified atom stereocenters. The van der Waals surface area contributed by atoms with Gasteiger partial charge in [-0.25, -0.2) is 9.98 Å². The van der Waals surface area contributed by atoms with Gasteiger partial charge in [-0.05, 0) is 43.5 Å². The third-order valence-electron chi connectivity index (χ3n) is 4.55. The second kappa shape index (κ2) is 10.7. The van der Waals surface area contributed by atoms with Gasteiger partial charge in [0.05, 0.1) is 6.54 Å². The van der Waals surface area contributed by atoms with Gasteiger partial charge < -0.3 is 20.7 Å². The van der Waals surface area contributed by atoms with E-state index in [1.54, 1.807) is 0 Å². The van der Waals surface area contributed by atoms with Crippen LogP contribution in [0.5, 0.6) is 5.75 Å². The average Bonchev–Trinajstić information content (AvgIpc) is 3.20. The van der Waals surface area contributed by atoms with E-state index in [1.165, 1.54) is 37.1 Å². The molecule has 0 bridgehead atoms. The molecule has 0 saturated carbocycles. The fraction of sp³-hybridized carbons (Fsp3) is 0.400. The van der Waals surface area contributed by atoms with Gasteiger partial charge in [-0.1, -0.05) is 18.2 Å². The van der Waals surface area contributed by atoms with E-state index in [4.69, 9.17) is 5.73 Å². The van der Waals surface area contributed by atoms with Gasteiger partial charge in [-0.15, -0.1) is 37.1 Å². The maximum Gasteiger partial charge on any atom is 0.573 e. The Morgan fingerprint density at radius 3 is 2.47 bits per heavy atom. The first-order valence-electron chi connectivity index (χ1n) is 9.40. The van der Waals surface area contributed by atoms with Crippen LogP contribution in [0.4, 0.5) is 19.0 Å². The smallest absolute Gasteiger partial charge is 0.406 e. The highest BCUT2D eigenvalue weighted by molar-refractivity contribution is 14.0. The van der Waals surface area contributed by atoms with Crippen molar-refractivity contribution in [1.29, 1.82) is 0 Å². The van der Waals surface area contributed by atoms with Crippen LogP contribution in [0, 0.1) is 6.92 Å². The fourth-order valence-corrected chi connectivity index (χ4v) is 3.13. The fourth-order valence-electron chi connectivity index (χ4n) is 3.13. The molecule has 0 spiro atoms. The number of nitrogens with two attached hydrogens (primary N) is 1. The van der Waals surface area contributed by atoms with Crippen molar-refractivity contribution < 1.29 is 17.9 Å². The molecular formula is C20H25F3IN5O. The number of benzene rings is 1. The molecule has 30 heavy (non-hydrogen) atoms. The minimum Gasteiger partial charge on any atom is -0.406 e. The largest absolute Gasteiger partial charge is 0.573 e. The molecule has 0 amide bonds. The number of halogens is 4. The van der Waals surface area contributed by atoms with Crippen molar-refractivity contribution in [2.45, 2.75) is 39.2 Å². The Kier molecular flexibility index (Phi) is 8.56. The number of alkyl halides is 3. The standard InChI is InChI=1S/C20H24F3N5O.HI/c1-14-4-7-16(18(27-14)28-10-2-3-11-28)13-26-19(24)25-12-15-5-8-17(9-6-15)29-20(21,22)23;/h4-9H,2-3,10-13H2,1H3,(H3,24,25,26);1H. The van der Waals surface area contributed by atoms with Crippen LogP contribution in [-0.2, 0) is 13.1 Å². The number of anilines is 1. The Bertz CT molecular complexity index is 853. The predicted molar refractivity (Wildman–Crippen MR) is 121 cm³/mol. The van der Waals surface area contributed by atoms with Gasteiger partial charge in [-0.2, -0.15) is 0 Å². The highest BCUT2D eigenvalue weighted by atomic mass is 127. The first kappa shape index (κ1) is 24.0. The van der Waals surface area contributed by atoms with Crippen LogP contribution in [0.3, 0.4) is 0 Å². The lowest BCUT2D eigenvalue weighted by molar-refractivity contribution is -0.274. The van der Waals surface area contributed by atoms with Crippen LogP contribution in [0.2, 0.25) is 0 Å². The Morgan fingerprint density at radius 1 is 1.17 bits per heavy atom. The number of ether oxygens (including phenoxy) is 1. The van der Waals surface area contributed by atoms with Gasteiger partial charge in [-0.3, -0.25) is 0 Å². The quantitative estimate of drug-likeness (QED) is 0.331. The molecule has 1 aliphatic rings. The van der Waals surface area contributed by atoms with E-state index in [9.17, 15) is 13.2 Å². The second-order valence-electron chi connectivity index (χ2n) is 6.88. The van der Waals surface area contributed by atoms with Crippen molar-refractivity contribution in [3.63, 3.8) is 0 Å². The maximum atomic E-state index is 12.2. The third kappa shape index (κ3) is 7.22. The lowest BCUT2D eigenvalue weighted by atomic mass is 10.2. The molecule has 2 aromatic rings. The number of aryl methyl sites for hydroxylation is 1. The topological polar surface area (TPSA) is 75.8 Å². The number of aromatic nitrogens is 1. The average molecular weight is 535 g/mol. The normalized spacial score (nSPS) is 14.4. The van der Waals surface area contributed by atoms with E-state index in [0.717, 1.165) is 35.7 Å². The van der Waals surface area contributed by atoms with Gasteiger partial charge in [0.15, 0.2) is 5.96 Å². The van der Waals surface area contributed by atoms with Crippen molar-refractivity contribution in [2.24, 2.45) is 10.7 Å². The summed E-state index contributed by atoms with van der Waals surface area (Å²) < 4.78 is 40.4. The molecule has 0 atom stereocenters. The summed E-state index contributed by atoms with van der Waals surface area (Å²) in [5.74, 6) is 0.967. The third-order valence-corrected chi connectivity index (χ3v) is 4.55. The lowest BCUT2D eigenvalue weighted by Crippen LogP contribution is -2.32. The number of rotatable bonds is 6. The highest BCUT2D eigenvalue weighted by Gasteiger charge is 2.30. The summed E-state index contributed by atoms with van der Waals surface area (Å²) in [6.45, 7) is 4.71. The van der Waals surface area contributed by atoms with E-state index in [1.807, 2.05) is 19.1 Å². The van der Waals surface area contributed by atoms with Crippen LogP contribution < -0.4 is 20.7 Å².